The number of nitriles is 1. The fourth-order valence-electron chi connectivity index (χ4n) is 2.11. The van der Waals surface area contributed by atoms with Gasteiger partial charge in [-0.25, -0.2) is 0 Å². The Labute approximate surface area is 111 Å². The molecule has 1 heterocycles. The van der Waals surface area contributed by atoms with Gasteiger partial charge in [0.1, 0.15) is 0 Å². The van der Waals surface area contributed by atoms with Gasteiger partial charge in [-0.15, -0.1) is 0 Å². The van der Waals surface area contributed by atoms with Gasteiger partial charge in [-0.3, -0.25) is 14.5 Å². The molecule has 2 rings (SSSR count). The lowest BCUT2D eigenvalue weighted by molar-refractivity contribution is -0.137. The van der Waals surface area contributed by atoms with Crippen LogP contribution in [-0.4, -0.2) is 29.8 Å². The number of likely N-dealkylation sites (N-methyl/N-ethyl adjacent to an activating group) is 1. The lowest BCUT2D eigenvalue weighted by atomic mass is 10.1. The highest BCUT2D eigenvalue weighted by Crippen LogP contribution is 2.14. The van der Waals surface area contributed by atoms with Crippen molar-refractivity contribution in [3.8, 4) is 6.07 Å². The van der Waals surface area contributed by atoms with Crippen LogP contribution in [0.25, 0.3) is 0 Å². The first-order chi connectivity index (χ1) is 9.02. The molecule has 0 radical (unpaired) electrons. The molecule has 5 heteroatoms. The van der Waals surface area contributed by atoms with Crippen LogP contribution in [0.3, 0.4) is 0 Å². The number of nitrogens with zero attached hydrogens (tertiary/aromatic N) is 2. The third-order valence-corrected chi connectivity index (χ3v) is 3.39. The van der Waals surface area contributed by atoms with Crippen molar-refractivity contribution in [3.63, 3.8) is 0 Å². The molecule has 19 heavy (non-hydrogen) atoms. The zero-order valence-corrected chi connectivity index (χ0v) is 10.9. The summed E-state index contributed by atoms with van der Waals surface area (Å²) < 4.78 is 0. The first kappa shape index (κ1) is 13.2. The zero-order valence-electron chi connectivity index (χ0n) is 10.9. The van der Waals surface area contributed by atoms with Gasteiger partial charge in [0.2, 0.25) is 11.8 Å². The van der Waals surface area contributed by atoms with Gasteiger partial charge in [0.25, 0.3) is 0 Å². The zero-order chi connectivity index (χ0) is 14.0. The molecule has 0 bridgehead atoms. The Bertz CT molecular complexity index is 575. The predicted molar refractivity (Wildman–Crippen MR) is 68.9 cm³/mol. The molecular weight excluding hydrogens is 242 g/mol. The lowest BCUT2D eigenvalue weighted by Gasteiger charge is -2.12. The van der Waals surface area contributed by atoms with Crippen molar-refractivity contribution in [1.82, 2.24) is 10.2 Å². The third kappa shape index (κ3) is 2.64. The number of carbonyl (C=O) groups is 2. The monoisotopic (exact) mass is 257 g/mol. The molecule has 1 atom stereocenters. The van der Waals surface area contributed by atoms with Crippen molar-refractivity contribution in [3.05, 3.63) is 34.9 Å². The molecule has 1 unspecified atom stereocenters. The Morgan fingerprint density at radius 2 is 2.21 bits per heavy atom. The Kier molecular flexibility index (Phi) is 3.63. The van der Waals surface area contributed by atoms with E-state index in [4.69, 9.17) is 5.26 Å². The van der Waals surface area contributed by atoms with Crippen molar-refractivity contribution >= 4 is 11.8 Å². The number of likely N-dealkylation sites (tertiary alicyclic amines) is 1. The standard InChI is InChI=1S/C14H15N3O2/c1-9-5-10(7-15)3-4-11(9)8-16-12-6-13(18)17(2)14(12)19/h3-5,12,16H,6,8H2,1-2H3. The molecule has 1 fully saturated rings. The highest BCUT2D eigenvalue weighted by atomic mass is 16.2. The first-order valence-corrected chi connectivity index (χ1v) is 6.06. The molecule has 1 saturated heterocycles. The SMILES string of the molecule is Cc1cc(C#N)ccc1CNC1CC(=O)N(C)C1=O. The van der Waals surface area contributed by atoms with E-state index in [1.165, 1.54) is 7.05 Å². The molecule has 1 aliphatic rings. The van der Waals surface area contributed by atoms with E-state index in [0.29, 0.717) is 12.1 Å². The topological polar surface area (TPSA) is 73.2 Å². The van der Waals surface area contributed by atoms with Crippen LogP contribution in [0, 0.1) is 18.3 Å². The van der Waals surface area contributed by atoms with E-state index in [2.05, 4.69) is 11.4 Å². The van der Waals surface area contributed by atoms with E-state index < -0.39 is 6.04 Å². The van der Waals surface area contributed by atoms with Gasteiger partial charge in [-0.1, -0.05) is 6.07 Å². The molecule has 1 N–H and O–H groups in total. The summed E-state index contributed by atoms with van der Waals surface area (Å²) in [7, 11) is 1.50. The van der Waals surface area contributed by atoms with Crippen molar-refractivity contribution in [1.29, 1.82) is 5.26 Å². The number of amides is 2. The van der Waals surface area contributed by atoms with Crippen LogP contribution in [-0.2, 0) is 16.1 Å². The normalized spacial score (nSPS) is 18.8. The summed E-state index contributed by atoms with van der Waals surface area (Å²) in [6, 6.07) is 7.07. The number of benzene rings is 1. The summed E-state index contributed by atoms with van der Waals surface area (Å²) in [4.78, 5) is 24.3. The molecule has 1 aromatic carbocycles. The Balaban J connectivity index is 2.02. The number of aryl methyl sites for hydroxylation is 1. The lowest BCUT2D eigenvalue weighted by Crippen LogP contribution is -2.36. The molecule has 2 amide bonds. The van der Waals surface area contributed by atoms with E-state index in [-0.39, 0.29) is 18.2 Å². The van der Waals surface area contributed by atoms with Gasteiger partial charge in [0.05, 0.1) is 24.1 Å². The Morgan fingerprint density at radius 3 is 2.74 bits per heavy atom. The number of nitrogens with one attached hydrogen (secondary N) is 1. The summed E-state index contributed by atoms with van der Waals surface area (Å²) >= 11 is 0. The molecule has 0 spiro atoms. The smallest absolute Gasteiger partial charge is 0.246 e. The van der Waals surface area contributed by atoms with Crippen LogP contribution in [0.5, 0.6) is 0 Å². The maximum absolute atomic E-state index is 11.7. The first-order valence-electron chi connectivity index (χ1n) is 6.06. The van der Waals surface area contributed by atoms with Gasteiger partial charge in [-0.2, -0.15) is 5.26 Å². The molecule has 0 saturated carbocycles. The average Bonchev–Trinajstić information content (AvgIpc) is 2.65. The van der Waals surface area contributed by atoms with Gasteiger partial charge in [-0.05, 0) is 30.2 Å². The average molecular weight is 257 g/mol. The van der Waals surface area contributed by atoms with Gasteiger partial charge in [0.15, 0.2) is 0 Å². The van der Waals surface area contributed by atoms with E-state index in [0.717, 1.165) is 16.0 Å². The Hall–Kier alpha value is -2.19. The maximum atomic E-state index is 11.7. The summed E-state index contributed by atoms with van der Waals surface area (Å²) in [6.07, 6.45) is 0.213. The number of hydrogen-bond acceptors (Lipinski definition) is 4. The van der Waals surface area contributed by atoms with Crippen LogP contribution in [0.1, 0.15) is 23.1 Å². The van der Waals surface area contributed by atoms with Crippen molar-refractivity contribution < 1.29 is 9.59 Å². The fourth-order valence-corrected chi connectivity index (χ4v) is 2.11. The number of carbonyl (C=O) groups excluding carboxylic acids is 2. The number of rotatable bonds is 3. The Morgan fingerprint density at radius 1 is 1.47 bits per heavy atom. The second kappa shape index (κ2) is 5.21. The predicted octanol–water partition coefficient (Wildman–Crippen LogP) is 0.714. The highest BCUT2D eigenvalue weighted by Gasteiger charge is 2.35. The molecule has 0 aliphatic carbocycles. The minimum absolute atomic E-state index is 0.154. The molecule has 0 aromatic heterocycles. The molecule has 1 aliphatic heterocycles. The van der Waals surface area contributed by atoms with E-state index in [9.17, 15) is 9.59 Å². The van der Waals surface area contributed by atoms with Crippen LogP contribution >= 0.6 is 0 Å². The van der Waals surface area contributed by atoms with E-state index >= 15 is 0 Å². The molecule has 1 aromatic rings. The van der Waals surface area contributed by atoms with Crippen molar-refractivity contribution in [2.45, 2.75) is 25.9 Å². The number of hydrogen-bond donors (Lipinski definition) is 1. The minimum atomic E-state index is -0.437. The quantitative estimate of drug-likeness (QED) is 0.809. The molecular formula is C14H15N3O2. The molecule has 5 nitrogen and oxygen atoms in total. The highest BCUT2D eigenvalue weighted by molar-refractivity contribution is 6.05. The van der Waals surface area contributed by atoms with E-state index in [1.54, 1.807) is 6.07 Å². The summed E-state index contributed by atoms with van der Waals surface area (Å²) in [5.41, 5.74) is 2.64. The second-order valence-corrected chi connectivity index (χ2v) is 4.68. The summed E-state index contributed by atoms with van der Waals surface area (Å²) in [5, 5.41) is 11.9. The van der Waals surface area contributed by atoms with Crippen LogP contribution in [0.15, 0.2) is 18.2 Å². The minimum Gasteiger partial charge on any atom is -0.301 e. The van der Waals surface area contributed by atoms with Crippen molar-refractivity contribution in [2.24, 2.45) is 0 Å². The van der Waals surface area contributed by atoms with Crippen molar-refractivity contribution in [2.75, 3.05) is 7.05 Å². The van der Waals surface area contributed by atoms with Crippen LogP contribution in [0.4, 0.5) is 0 Å². The fraction of sp³-hybridized carbons (Fsp3) is 0.357. The molecule has 98 valence electrons. The summed E-state index contributed by atoms with van der Waals surface area (Å²) in [5.74, 6) is -0.338. The largest absolute Gasteiger partial charge is 0.301 e. The number of imide groups is 1. The van der Waals surface area contributed by atoms with Crippen LogP contribution < -0.4 is 5.32 Å². The maximum Gasteiger partial charge on any atom is 0.246 e. The van der Waals surface area contributed by atoms with Gasteiger partial charge >= 0.3 is 0 Å². The van der Waals surface area contributed by atoms with E-state index in [1.807, 2.05) is 19.1 Å². The second-order valence-electron chi connectivity index (χ2n) is 4.68. The third-order valence-electron chi connectivity index (χ3n) is 3.39. The summed E-state index contributed by atoms with van der Waals surface area (Å²) in [6.45, 7) is 2.43. The van der Waals surface area contributed by atoms with Gasteiger partial charge < -0.3 is 5.32 Å². The van der Waals surface area contributed by atoms with Crippen LogP contribution in [0.2, 0.25) is 0 Å². The van der Waals surface area contributed by atoms with Gasteiger partial charge in [0, 0.05) is 13.6 Å².